The van der Waals surface area contributed by atoms with Gasteiger partial charge in [-0.1, -0.05) is 18.2 Å². The Bertz CT molecular complexity index is 1380. The molecule has 4 aromatic rings. The number of hydrogen-bond donors (Lipinski definition) is 3. The summed E-state index contributed by atoms with van der Waals surface area (Å²) < 4.78 is 1.57. The predicted octanol–water partition coefficient (Wildman–Crippen LogP) is 3.11. The first-order valence-corrected chi connectivity index (χ1v) is 10.3. The zero-order chi connectivity index (χ0) is 22.8. The van der Waals surface area contributed by atoms with Gasteiger partial charge in [-0.25, -0.2) is 4.98 Å². The van der Waals surface area contributed by atoms with E-state index < -0.39 is 6.10 Å². The van der Waals surface area contributed by atoms with Gasteiger partial charge in [0.15, 0.2) is 0 Å². The molecule has 0 saturated carbocycles. The van der Waals surface area contributed by atoms with Crippen LogP contribution in [0.2, 0.25) is 0 Å². The van der Waals surface area contributed by atoms with E-state index in [0.717, 1.165) is 16.7 Å². The Labute approximate surface area is 185 Å². The van der Waals surface area contributed by atoms with Crippen molar-refractivity contribution in [2.75, 3.05) is 12.8 Å². The number of nitrogens with one attached hydrogen (secondary N) is 1. The molecule has 2 aromatic carbocycles. The number of aliphatic hydroxyl groups excluding tert-OH is 1. The van der Waals surface area contributed by atoms with Crippen LogP contribution >= 0.6 is 0 Å². The highest BCUT2D eigenvalue weighted by Gasteiger charge is 2.15. The maximum atomic E-state index is 13.3. The monoisotopic (exact) mass is 428 g/mol. The van der Waals surface area contributed by atoms with Crippen molar-refractivity contribution < 1.29 is 9.90 Å². The van der Waals surface area contributed by atoms with Crippen LogP contribution in [0, 0.1) is 0 Å². The van der Waals surface area contributed by atoms with Gasteiger partial charge in [0, 0.05) is 36.0 Å². The summed E-state index contributed by atoms with van der Waals surface area (Å²) in [6.07, 6.45) is 2.54. The molecule has 0 bridgehead atoms. The van der Waals surface area contributed by atoms with Gasteiger partial charge in [-0.05, 0) is 65.4 Å². The van der Waals surface area contributed by atoms with E-state index in [-0.39, 0.29) is 18.0 Å². The van der Waals surface area contributed by atoms with E-state index in [1.807, 2.05) is 24.3 Å². The first kappa shape index (κ1) is 21.3. The minimum Gasteiger partial charge on any atom is -0.389 e. The summed E-state index contributed by atoms with van der Waals surface area (Å²) >= 11 is 0. The second kappa shape index (κ2) is 8.64. The van der Waals surface area contributed by atoms with E-state index in [1.54, 1.807) is 61.3 Å². The normalized spacial score (nSPS) is 12.0. The fourth-order valence-corrected chi connectivity index (χ4v) is 3.83. The molecule has 0 aliphatic carbocycles. The largest absolute Gasteiger partial charge is 0.389 e. The SMILES string of the molecule is CNC(=O)c1cccc(Cn2cc(C(C)O)c3cc(-c4ccnc(N)c4)ccc3c2=O)c1. The van der Waals surface area contributed by atoms with Gasteiger partial charge in [-0.2, -0.15) is 0 Å². The predicted molar refractivity (Wildman–Crippen MR) is 125 cm³/mol. The molecule has 0 aliphatic rings. The third-order valence-electron chi connectivity index (χ3n) is 5.45. The summed E-state index contributed by atoms with van der Waals surface area (Å²) in [6.45, 7) is 1.95. The van der Waals surface area contributed by atoms with E-state index >= 15 is 0 Å². The number of hydrogen-bond acceptors (Lipinski definition) is 5. The van der Waals surface area contributed by atoms with Gasteiger partial charge in [0.25, 0.3) is 11.5 Å². The Hall–Kier alpha value is -3.97. The van der Waals surface area contributed by atoms with Crippen molar-refractivity contribution >= 4 is 22.5 Å². The van der Waals surface area contributed by atoms with Crippen LogP contribution in [0.5, 0.6) is 0 Å². The lowest BCUT2D eigenvalue weighted by molar-refractivity contribution is 0.0963. The van der Waals surface area contributed by atoms with Crippen molar-refractivity contribution in [2.45, 2.75) is 19.6 Å². The molecule has 0 saturated heterocycles. The summed E-state index contributed by atoms with van der Waals surface area (Å²) in [6, 6.07) is 16.3. The van der Waals surface area contributed by atoms with E-state index in [2.05, 4.69) is 10.3 Å². The van der Waals surface area contributed by atoms with Crippen molar-refractivity contribution in [2.24, 2.45) is 0 Å². The Morgan fingerprint density at radius 2 is 1.91 bits per heavy atom. The summed E-state index contributed by atoms with van der Waals surface area (Å²) in [4.78, 5) is 29.2. The third kappa shape index (κ3) is 4.10. The molecule has 2 aromatic heterocycles. The van der Waals surface area contributed by atoms with Crippen LogP contribution in [0.15, 0.2) is 71.8 Å². The molecular formula is C25H24N4O3. The molecule has 7 heteroatoms. The lowest BCUT2D eigenvalue weighted by Crippen LogP contribution is -2.22. The first-order chi connectivity index (χ1) is 15.4. The maximum Gasteiger partial charge on any atom is 0.258 e. The van der Waals surface area contributed by atoms with Gasteiger partial charge in [0.2, 0.25) is 0 Å². The van der Waals surface area contributed by atoms with Crippen LogP contribution in [0.3, 0.4) is 0 Å². The number of nitrogens with two attached hydrogens (primary N) is 1. The smallest absolute Gasteiger partial charge is 0.258 e. The number of carbonyl (C=O) groups excluding carboxylic acids is 1. The molecule has 0 radical (unpaired) electrons. The molecule has 2 heterocycles. The molecule has 4 rings (SSSR count). The van der Waals surface area contributed by atoms with Crippen molar-refractivity contribution in [3.05, 3.63) is 94.0 Å². The highest BCUT2D eigenvalue weighted by molar-refractivity contribution is 5.94. The summed E-state index contributed by atoms with van der Waals surface area (Å²) in [7, 11) is 1.58. The molecule has 0 aliphatic heterocycles. The number of fused-ring (bicyclic) bond motifs is 1. The maximum absolute atomic E-state index is 13.3. The lowest BCUT2D eigenvalue weighted by Gasteiger charge is -2.16. The molecule has 0 spiro atoms. The summed E-state index contributed by atoms with van der Waals surface area (Å²) in [5, 5.41) is 14.3. The Morgan fingerprint density at radius 1 is 1.12 bits per heavy atom. The minimum atomic E-state index is -0.778. The zero-order valence-corrected chi connectivity index (χ0v) is 17.9. The van der Waals surface area contributed by atoms with E-state index in [4.69, 9.17) is 5.73 Å². The molecule has 1 unspecified atom stereocenters. The van der Waals surface area contributed by atoms with Crippen LogP contribution in [0.25, 0.3) is 21.9 Å². The van der Waals surface area contributed by atoms with Gasteiger partial charge < -0.3 is 20.7 Å². The van der Waals surface area contributed by atoms with E-state index in [0.29, 0.717) is 27.7 Å². The number of carbonyl (C=O) groups is 1. The summed E-state index contributed by atoms with van der Waals surface area (Å²) in [5.41, 5.74) is 9.38. The number of nitrogens with zero attached hydrogens (tertiary/aromatic N) is 2. The van der Waals surface area contributed by atoms with Crippen LogP contribution in [0.4, 0.5) is 5.82 Å². The Morgan fingerprint density at radius 3 is 2.62 bits per heavy atom. The number of anilines is 1. The average molecular weight is 428 g/mol. The second-order valence-electron chi connectivity index (χ2n) is 7.70. The van der Waals surface area contributed by atoms with Crippen molar-refractivity contribution in [3.8, 4) is 11.1 Å². The topological polar surface area (TPSA) is 110 Å². The summed E-state index contributed by atoms with van der Waals surface area (Å²) in [5.74, 6) is 0.222. The van der Waals surface area contributed by atoms with Gasteiger partial charge in [0.05, 0.1) is 12.6 Å². The molecule has 162 valence electrons. The molecule has 0 fully saturated rings. The zero-order valence-electron chi connectivity index (χ0n) is 17.9. The number of aromatic nitrogens is 2. The van der Waals surface area contributed by atoms with E-state index in [1.165, 1.54) is 0 Å². The van der Waals surface area contributed by atoms with E-state index in [9.17, 15) is 14.7 Å². The average Bonchev–Trinajstić information content (AvgIpc) is 2.80. The molecule has 32 heavy (non-hydrogen) atoms. The number of pyridine rings is 2. The molecule has 7 nitrogen and oxygen atoms in total. The molecule has 4 N–H and O–H groups in total. The van der Waals surface area contributed by atoms with Crippen molar-refractivity contribution in [1.82, 2.24) is 14.9 Å². The molecular weight excluding hydrogens is 404 g/mol. The van der Waals surface area contributed by atoms with Crippen LogP contribution in [0.1, 0.15) is 34.5 Å². The van der Waals surface area contributed by atoms with Crippen LogP contribution in [-0.4, -0.2) is 27.6 Å². The standard InChI is InChI=1S/C25H24N4O3/c1-15(30)22-14-29(13-16-4-3-5-19(10-16)24(31)27-2)25(32)20-7-6-17(11-21(20)22)18-8-9-28-23(26)12-18/h3-12,14-15,30H,13H2,1-2H3,(H2,26,28)(H,27,31). The fraction of sp³-hybridized carbons (Fsp3) is 0.160. The Balaban J connectivity index is 1.82. The van der Waals surface area contributed by atoms with Crippen molar-refractivity contribution in [3.63, 3.8) is 0 Å². The highest BCUT2D eigenvalue weighted by atomic mass is 16.3. The molecule has 1 atom stereocenters. The van der Waals surface area contributed by atoms with Gasteiger partial charge in [0.1, 0.15) is 5.82 Å². The van der Waals surface area contributed by atoms with Gasteiger partial charge >= 0.3 is 0 Å². The van der Waals surface area contributed by atoms with Crippen molar-refractivity contribution in [1.29, 1.82) is 0 Å². The number of aliphatic hydroxyl groups is 1. The number of benzene rings is 2. The third-order valence-corrected chi connectivity index (χ3v) is 5.45. The Kier molecular flexibility index (Phi) is 5.75. The van der Waals surface area contributed by atoms with Crippen LogP contribution in [-0.2, 0) is 6.54 Å². The highest BCUT2D eigenvalue weighted by Crippen LogP contribution is 2.28. The second-order valence-corrected chi connectivity index (χ2v) is 7.70. The minimum absolute atomic E-state index is 0.171. The number of rotatable bonds is 5. The van der Waals surface area contributed by atoms with Gasteiger partial charge in [-0.15, -0.1) is 0 Å². The fourth-order valence-electron chi connectivity index (χ4n) is 3.83. The lowest BCUT2D eigenvalue weighted by atomic mass is 9.98. The quantitative estimate of drug-likeness (QED) is 0.452. The number of nitrogen functional groups attached to an aromatic ring is 1. The van der Waals surface area contributed by atoms with Crippen LogP contribution < -0.4 is 16.6 Å². The molecule has 1 amide bonds. The van der Waals surface area contributed by atoms with Gasteiger partial charge in [-0.3, -0.25) is 9.59 Å². The first-order valence-electron chi connectivity index (χ1n) is 10.3. The number of amides is 1.